The van der Waals surface area contributed by atoms with Crippen molar-refractivity contribution in [2.45, 2.75) is 5.60 Å². The lowest BCUT2D eigenvalue weighted by molar-refractivity contribution is -0.136. The monoisotopic (exact) mass is 498 g/mol. The molecule has 0 aliphatic carbocycles. The maximum absolute atomic E-state index is 13.0. The second-order valence-corrected chi connectivity index (χ2v) is 7.82. The van der Waals surface area contributed by atoms with Crippen LogP contribution in [0.15, 0.2) is 95.0 Å². The first-order chi connectivity index (χ1) is 15.0. The first-order valence-electron chi connectivity index (χ1n) is 9.36. The maximum atomic E-state index is 13.0. The topological polar surface area (TPSA) is 70.9 Å². The molecule has 1 amide bonds. The van der Waals surface area contributed by atoms with Crippen LogP contribution in [0.4, 0.5) is 0 Å². The van der Waals surface area contributed by atoms with Gasteiger partial charge in [-0.2, -0.15) is 5.10 Å². The molecule has 0 unspecified atom stereocenters. The van der Waals surface area contributed by atoms with Crippen LogP contribution in [-0.2, 0) is 10.4 Å². The van der Waals surface area contributed by atoms with E-state index in [1.807, 2.05) is 12.1 Å². The molecule has 3 rings (SSSR count). The molecule has 0 saturated carbocycles. The van der Waals surface area contributed by atoms with E-state index >= 15 is 0 Å². The number of hydrogen-bond donors (Lipinski definition) is 2. The number of carbonyl (C=O) groups is 1. The van der Waals surface area contributed by atoms with E-state index in [0.717, 1.165) is 0 Å². The number of ether oxygens (including phenoxy) is 1. The number of hydrazone groups is 1. The number of nitrogens with one attached hydrogen (secondary N) is 1. The summed E-state index contributed by atoms with van der Waals surface area (Å²) in [5, 5.41) is 15.8. The molecule has 0 aromatic heterocycles. The lowest BCUT2D eigenvalue weighted by Crippen LogP contribution is -2.43. The maximum Gasteiger partial charge on any atom is 0.281 e. The molecule has 0 saturated heterocycles. The summed E-state index contributed by atoms with van der Waals surface area (Å²) < 4.78 is 6.15. The molecule has 0 bridgehead atoms. The molecule has 0 radical (unpaired) electrons. The van der Waals surface area contributed by atoms with E-state index in [9.17, 15) is 9.90 Å². The van der Waals surface area contributed by atoms with Crippen molar-refractivity contribution in [3.63, 3.8) is 0 Å². The molecule has 158 valence electrons. The SMILES string of the molecule is C=CCOc1c(Cl)cc(/C=N/NC(=O)C(O)(c2ccccc2)c2ccccc2)cc1Br. The Labute approximate surface area is 194 Å². The van der Waals surface area contributed by atoms with Gasteiger partial charge >= 0.3 is 0 Å². The van der Waals surface area contributed by atoms with Gasteiger partial charge in [-0.25, -0.2) is 5.43 Å². The lowest BCUT2D eigenvalue weighted by Gasteiger charge is -2.27. The van der Waals surface area contributed by atoms with Crippen LogP contribution in [0.1, 0.15) is 16.7 Å². The van der Waals surface area contributed by atoms with E-state index in [4.69, 9.17) is 16.3 Å². The van der Waals surface area contributed by atoms with Crippen molar-refractivity contribution < 1.29 is 14.6 Å². The Kier molecular flexibility index (Phi) is 7.63. The predicted octanol–water partition coefficient (Wildman–Crippen LogP) is 5.05. The van der Waals surface area contributed by atoms with Crippen LogP contribution in [0.3, 0.4) is 0 Å². The lowest BCUT2D eigenvalue weighted by atomic mass is 9.85. The molecule has 2 N–H and O–H groups in total. The highest BCUT2D eigenvalue weighted by atomic mass is 79.9. The van der Waals surface area contributed by atoms with Crippen LogP contribution in [0, 0.1) is 0 Å². The number of hydrogen-bond acceptors (Lipinski definition) is 4. The van der Waals surface area contributed by atoms with Gasteiger partial charge in [0.2, 0.25) is 0 Å². The van der Waals surface area contributed by atoms with Gasteiger partial charge in [0.25, 0.3) is 5.91 Å². The Bertz CT molecular complexity index is 1030. The highest BCUT2D eigenvalue weighted by Gasteiger charge is 2.39. The molecule has 31 heavy (non-hydrogen) atoms. The number of halogens is 2. The van der Waals surface area contributed by atoms with Crippen LogP contribution < -0.4 is 10.2 Å². The fraction of sp³-hybridized carbons (Fsp3) is 0.0833. The summed E-state index contributed by atoms with van der Waals surface area (Å²) in [7, 11) is 0. The van der Waals surface area contributed by atoms with Gasteiger partial charge in [-0.15, -0.1) is 0 Å². The van der Waals surface area contributed by atoms with Crippen molar-refractivity contribution in [3.8, 4) is 5.75 Å². The summed E-state index contributed by atoms with van der Waals surface area (Å²) in [6.45, 7) is 3.93. The molecule has 5 nitrogen and oxygen atoms in total. The Hall–Kier alpha value is -2.93. The Balaban J connectivity index is 1.84. The fourth-order valence-corrected chi connectivity index (χ4v) is 3.96. The van der Waals surface area contributed by atoms with Gasteiger partial charge in [-0.3, -0.25) is 4.79 Å². The summed E-state index contributed by atoms with van der Waals surface area (Å²) in [5.74, 6) is -0.192. The third kappa shape index (κ3) is 5.22. The van der Waals surface area contributed by atoms with Gasteiger partial charge < -0.3 is 9.84 Å². The second kappa shape index (κ2) is 10.4. The fourth-order valence-electron chi connectivity index (χ4n) is 2.97. The van der Waals surface area contributed by atoms with Gasteiger partial charge in [-0.1, -0.05) is 84.9 Å². The molecule has 3 aromatic carbocycles. The van der Waals surface area contributed by atoms with Crippen molar-refractivity contribution in [2.24, 2.45) is 5.10 Å². The zero-order valence-corrected chi connectivity index (χ0v) is 18.8. The third-order valence-corrected chi connectivity index (χ3v) is 5.33. The average Bonchev–Trinajstić information content (AvgIpc) is 2.79. The van der Waals surface area contributed by atoms with Gasteiger partial charge in [-0.05, 0) is 44.8 Å². The quantitative estimate of drug-likeness (QED) is 0.259. The molecule has 0 heterocycles. The van der Waals surface area contributed by atoms with E-state index in [0.29, 0.717) is 38.5 Å². The minimum atomic E-state index is -1.90. The van der Waals surface area contributed by atoms with Crippen molar-refractivity contribution in [1.29, 1.82) is 0 Å². The van der Waals surface area contributed by atoms with Crippen LogP contribution in [0.2, 0.25) is 5.02 Å². The summed E-state index contributed by atoms with van der Waals surface area (Å²) in [4.78, 5) is 13.0. The normalized spacial score (nSPS) is 11.3. The predicted molar refractivity (Wildman–Crippen MR) is 126 cm³/mol. The van der Waals surface area contributed by atoms with Crippen LogP contribution in [-0.4, -0.2) is 23.8 Å². The van der Waals surface area contributed by atoms with E-state index in [-0.39, 0.29) is 0 Å². The number of carbonyl (C=O) groups excluding carboxylic acids is 1. The summed E-state index contributed by atoms with van der Waals surface area (Å²) in [6.07, 6.45) is 3.05. The Morgan fingerprint density at radius 3 is 2.23 bits per heavy atom. The minimum absolute atomic E-state index is 0.319. The van der Waals surface area contributed by atoms with E-state index in [2.05, 4.69) is 33.0 Å². The van der Waals surface area contributed by atoms with Crippen LogP contribution >= 0.6 is 27.5 Å². The molecule has 0 aliphatic rings. The van der Waals surface area contributed by atoms with E-state index in [1.165, 1.54) is 6.21 Å². The first kappa shape index (κ1) is 22.7. The molecule has 0 spiro atoms. The number of nitrogens with zero attached hydrogens (tertiary/aromatic N) is 1. The molecule has 7 heteroatoms. The molecule has 0 aliphatic heterocycles. The largest absolute Gasteiger partial charge is 0.487 e. The first-order valence-corrected chi connectivity index (χ1v) is 10.5. The average molecular weight is 500 g/mol. The Morgan fingerprint density at radius 2 is 1.71 bits per heavy atom. The standard InChI is InChI=1S/C24H20BrClN2O3/c1-2-13-31-22-20(25)14-17(15-21(22)26)16-27-28-23(29)24(30,18-9-5-3-6-10-18)19-11-7-4-8-12-19/h2-12,14-16,30H,1,13H2,(H,28,29)/b27-16+. The number of aliphatic hydroxyl groups is 1. The van der Waals surface area contributed by atoms with Gasteiger partial charge in [0.05, 0.1) is 15.7 Å². The number of amides is 1. The molecular weight excluding hydrogens is 480 g/mol. The van der Waals surface area contributed by atoms with Crippen molar-refractivity contribution in [3.05, 3.63) is 112 Å². The zero-order valence-electron chi connectivity index (χ0n) is 16.5. The highest BCUT2D eigenvalue weighted by Crippen LogP contribution is 2.34. The van der Waals surface area contributed by atoms with Crippen molar-refractivity contribution in [2.75, 3.05) is 6.61 Å². The summed E-state index contributed by atoms with van der Waals surface area (Å²) >= 11 is 9.68. The minimum Gasteiger partial charge on any atom is -0.487 e. The number of benzene rings is 3. The Morgan fingerprint density at radius 1 is 1.13 bits per heavy atom. The zero-order chi connectivity index (χ0) is 22.3. The van der Waals surface area contributed by atoms with Crippen LogP contribution in [0.5, 0.6) is 5.75 Å². The van der Waals surface area contributed by atoms with Gasteiger partial charge in [0.1, 0.15) is 6.61 Å². The molecule has 0 atom stereocenters. The molecule has 0 fully saturated rings. The van der Waals surface area contributed by atoms with Crippen molar-refractivity contribution >= 4 is 39.7 Å². The van der Waals surface area contributed by atoms with E-state index in [1.54, 1.807) is 66.7 Å². The smallest absolute Gasteiger partial charge is 0.281 e. The number of rotatable bonds is 8. The van der Waals surface area contributed by atoms with Gasteiger partial charge in [0.15, 0.2) is 11.4 Å². The molecule has 3 aromatic rings. The van der Waals surface area contributed by atoms with E-state index < -0.39 is 11.5 Å². The molecular formula is C24H20BrClN2O3. The van der Waals surface area contributed by atoms with Crippen LogP contribution in [0.25, 0.3) is 0 Å². The van der Waals surface area contributed by atoms with Gasteiger partial charge in [0, 0.05) is 0 Å². The summed E-state index contributed by atoms with van der Waals surface area (Å²) in [6, 6.07) is 20.8. The second-order valence-electron chi connectivity index (χ2n) is 6.55. The highest BCUT2D eigenvalue weighted by molar-refractivity contribution is 9.10. The van der Waals surface area contributed by atoms with Crippen molar-refractivity contribution in [1.82, 2.24) is 5.43 Å². The summed E-state index contributed by atoms with van der Waals surface area (Å²) in [5.41, 5.74) is 2.03. The third-order valence-electron chi connectivity index (χ3n) is 4.46.